The van der Waals surface area contributed by atoms with Crippen LogP contribution in [0.2, 0.25) is 0 Å². The molecule has 0 saturated carbocycles. The van der Waals surface area contributed by atoms with E-state index in [0.29, 0.717) is 5.56 Å². The SMILES string of the molecule is Cn1c(-c2cnoc2)nc(C(N)=O)cc1=O. The molecule has 1 amide bonds. The van der Waals surface area contributed by atoms with Crippen LogP contribution in [0.25, 0.3) is 11.4 Å². The Labute approximate surface area is 89.5 Å². The smallest absolute Gasteiger partial charge is 0.267 e. The minimum atomic E-state index is -0.754. The molecule has 0 radical (unpaired) electrons. The first-order chi connectivity index (χ1) is 7.59. The van der Waals surface area contributed by atoms with Crippen molar-refractivity contribution >= 4 is 5.91 Å². The highest BCUT2D eigenvalue weighted by Gasteiger charge is 2.12. The van der Waals surface area contributed by atoms with Crippen LogP contribution < -0.4 is 11.3 Å². The van der Waals surface area contributed by atoms with Crippen LogP contribution in [0.3, 0.4) is 0 Å². The summed E-state index contributed by atoms with van der Waals surface area (Å²) in [6, 6.07) is 1.08. The van der Waals surface area contributed by atoms with Crippen molar-refractivity contribution in [3.8, 4) is 11.4 Å². The normalized spacial score (nSPS) is 10.3. The van der Waals surface area contributed by atoms with E-state index in [1.165, 1.54) is 24.1 Å². The lowest BCUT2D eigenvalue weighted by atomic mass is 10.3. The molecule has 0 fully saturated rings. The Morgan fingerprint density at radius 1 is 1.56 bits per heavy atom. The molecule has 2 aromatic rings. The highest BCUT2D eigenvalue weighted by atomic mass is 16.5. The second kappa shape index (κ2) is 3.61. The van der Waals surface area contributed by atoms with Gasteiger partial charge in [-0.3, -0.25) is 14.2 Å². The number of primary amides is 1. The standard InChI is InChI=1S/C9H8N4O3/c1-13-7(14)2-6(8(10)15)12-9(13)5-3-11-16-4-5/h2-4H,1H3,(H2,10,15). The number of aromatic nitrogens is 3. The minimum absolute atomic E-state index is 0.0840. The number of hydrogen-bond donors (Lipinski definition) is 1. The number of nitrogens with two attached hydrogens (primary N) is 1. The Balaban J connectivity index is 2.70. The summed E-state index contributed by atoms with van der Waals surface area (Å²) in [5.74, 6) is -0.474. The van der Waals surface area contributed by atoms with Crippen molar-refractivity contribution < 1.29 is 9.32 Å². The Bertz CT molecular complexity index is 585. The van der Waals surface area contributed by atoms with E-state index in [1.807, 2.05) is 0 Å². The molecule has 16 heavy (non-hydrogen) atoms. The molecule has 0 aliphatic heterocycles. The summed E-state index contributed by atoms with van der Waals surface area (Å²) in [7, 11) is 1.53. The van der Waals surface area contributed by atoms with E-state index < -0.39 is 5.91 Å². The van der Waals surface area contributed by atoms with Gasteiger partial charge in [0.25, 0.3) is 11.5 Å². The zero-order valence-corrected chi connectivity index (χ0v) is 8.38. The van der Waals surface area contributed by atoms with Crippen LogP contribution in [0, 0.1) is 0 Å². The molecule has 2 heterocycles. The van der Waals surface area contributed by atoms with Crippen molar-refractivity contribution in [3.63, 3.8) is 0 Å². The van der Waals surface area contributed by atoms with Gasteiger partial charge in [0.05, 0.1) is 11.8 Å². The number of carbonyl (C=O) groups is 1. The van der Waals surface area contributed by atoms with Crippen LogP contribution >= 0.6 is 0 Å². The van der Waals surface area contributed by atoms with Gasteiger partial charge in [0, 0.05) is 13.1 Å². The highest BCUT2D eigenvalue weighted by molar-refractivity contribution is 5.91. The molecule has 0 aromatic carbocycles. The second-order valence-electron chi connectivity index (χ2n) is 3.14. The summed E-state index contributed by atoms with van der Waals surface area (Å²) < 4.78 is 5.92. The molecule has 7 heteroatoms. The summed E-state index contributed by atoms with van der Waals surface area (Å²) in [6.07, 6.45) is 2.72. The third-order valence-electron chi connectivity index (χ3n) is 2.08. The maximum absolute atomic E-state index is 11.5. The summed E-state index contributed by atoms with van der Waals surface area (Å²) in [5.41, 5.74) is 5.11. The van der Waals surface area contributed by atoms with Gasteiger partial charge in [-0.1, -0.05) is 5.16 Å². The van der Waals surface area contributed by atoms with Gasteiger partial charge in [-0.15, -0.1) is 0 Å². The fourth-order valence-electron chi connectivity index (χ4n) is 1.24. The zero-order chi connectivity index (χ0) is 11.7. The summed E-state index contributed by atoms with van der Waals surface area (Å²) >= 11 is 0. The Hall–Kier alpha value is -2.44. The third-order valence-corrected chi connectivity index (χ3v) is 2.08. The van der Waals surface area contributed by atoms with Crippen LogP contribution in [0.15, 0.2) is 27.8 Å². The van der Waals surface area contributed by atoms with Crippen molar-refractivity contribution in [2.24, 2.45) is 12.8 Å². The second-order valence-corrected chi connectivity index (χ2v) is 3.14. The summed E-state index contributed by atoms with van der Waals surface area (Å²) in [4.78, 5) is 26.4. The largest absolute Gasteiger partial charge is 0.364 e. The molecule has 0 saturated heterocycles. The van der Waals surface area contributed by atoms with E-state index in [9.17, 15) is 9.59 Å². The first-order valence-electron chi connectivity index (χ1n) is 4.37. The van der Waals surface area contributed by atoms with Crippen molar-refractivity contribution in [3.05, 3.63) is 34.6 Å². The monoisotopic (exact) mass is 220 g/mol. The molecule has 0 bridgehead atoms. The first kappa shape index (κ1) is 10.1. The average Bonchev–Trinajstić information content (AvgIpc) is 2.74. The Morgan fingerprint density at radius 2 is 2.31 bits per heavy atom. The van der Waals surface area contributed by atoms with Gasteiger partial charge in [0.1, 0.15) is 17.8 Å². The quantitative estimate of drug-likeness (QED) is 0.737. The lowest BCUT2D eigenvalue weighted by Gasteiger charge is -2.05. The fraction of sp³-hybridized carbons (Fsp3) is 0.111. The van der Waals surface area contributed by atoms with Gasteiger partial charge in [0.2, 0.25) is 0 Å². The summed E-state index contributed by atoms with van der Waals surface area (Å²) in [6.45, 7) is 0. The van der Waals surface area contributed by atoms with E-state index in [0.717, 1.165) is 6.07 Å². The van der Waals surface area contributed by atoms with Gasteiger partial charge in [0.15, 0.2) is 0 Å². The number of nitrogens with zero attached hydrogens (tertiary/aromatic N) is 3. The van der Waals surface area contributed by atoms with Gasteiger partial charge in [-0.05, 0) is 0 Å². The third kappa shape index (κ3) is 1.58. The number of rotatable bonds is 2. The van der Waals surface area contributed by atoms with Crippen molar-refractivity contribution in [1.82, 2.24) is 14.7 Å². The molecule has 0 spiro atoms. The average molecular weight is 220 g/mol. The number of hydrogen-bond acceptors (Lipinski definition) is 5. The van der Waals surface area contributed by atoms with Crippen molar-refractivity contribution in [1.29, 1.82) is 0 Å². The predicted octanol–water partition coefficient (Wildman–Crippen LogP) is -0.466. The van der Waals surface area contributed by atoms with E-state index >= 15 is 0 Å². The molecule has 0 unspecified atom stereocenters. The Morgan fingerprint density at radius 3 is 2.88 bits per heavy atom. The molecule has 2 aromatic heterocycles. The van der Waals surface area contributed by atoms with Crippen molar-refractivity contribution in [2.45, 2.75) is 0 Å². The minimum Gasteiger partial charge on any atom is -0.364 e. The molecule has 82 valence electrons. The van der Waals surface area contributed by atoms with E-state index in [1.54, 1.807) is 0 Å². The molecular weight excluding hydrogens is 212 g/mol. The number of carbonyl (C=O) groups excluding carboxylic acids is 1. The first-order valence-corrected chi connectivity index (χ1v) is 4.37. The zero-order valence-electron chi connectivity index (χ0n) is 8.38. The maximum atomic E-state index is 11.5. The fourth-order valence-corrected chi connectivity index (χ4v) is 1.24. The maximum Gasteiger partial charge on any atom is 0.267 e. The van der Waals surface area contributed by atoms with Crippen LogP contribution in [-0.2, 0) is 7.05 Å². The lowest BCUT2D eigenvalue weighted by molar-refractivity contribution is 0.0995. The molecule has 7 nitrogen and oxygen atoms in total. The van der Waals surface area contributed by atoms with Crippen LogP contribution in [0.4, 0.5) is 0 Å². The number of amides is 1. The van der Waals surface area contributed by atoms with Gasteiger partial charge in [-0.25, -0.2) is 4.98 Å². The van der Waals surface area contributed by atoms with Crippen molar-refractivity contribution in [2.75, 3.05) is 0 Å². The topological polar surface area (TPSA) is 104 Å². The van der Waals surface area contributed by atoms with E-state index in [2.05, 4.69) is 14.7 Å². The van der Waals surface area contributed by atoms with Crippen LogP contribution in [0.5, 0.6) is 0 Å². The van der Waals surface area contributed by atoms with Crippen LogP contribution in [-0.4, -0.2) is 20.6 Å². The lowest BCUT2D eigenvalue weighted by Crippen LogP contribution is -2.24. The van der Waals surface area contributed by atoms with Gasteiger partial charge >= 0.3 is 0 Å². The van der Waals surface area contributed by atoms with Gasteiger partial charge in [-0.2, -0.15) is 0 Å². The van der Waals surface area contributed by atoms with E-state index in [-0.39, 0.29) is 17.1 Å². The molecule has 0 aliphatic carbocycles. The molecular formula is C9H8N4O3. The Kier molecular flexibility index (Phi) is 2.28. The molecule has 0 atom stereocenters. The molecule has 2 rings (SSSR count). The molecule has 0 aliphatic rings. The highest BCUT2D eigenvalue weighted by Crippen LogP contribution is 2.13. The van der Waals surface area contributed by atoms with Gasteiger partial charge < -0.3 is 10.3 Å². The van der Waals surface area contributed by atoms with E-state index in [4.69, 9.17) is 5.73 Å². The summed E-state index contributed by atoms with van der Waals surface area (Å²) in [5, 5.41) is 3.50. The molecule has 2 N–H and O–H groups in total. The van der Waals surface area contributed by atoms with Crippen LogP contribution in [0.1, 0.15) is 10.5 Å². The predicted molar refractivity (Wildman–Crippen MR) is 53.5 cm³/mol.